The van der Waals surface area contributed by atoms with E-state index in [0.29, 0.717) is 12.5 Å². The van der Waals surface area contributed by atoms with Crippen LogP contribution in [-0.4, -0.2) is 26.7 Å². The van der Waals surface area contributed by atoms with Crippen LogP contribution in [-0.2, 0) is 6.54 Å². The Morgan fingerprint density at radius 1 is 1.12 bits per heavy atom. The number of benzene rings is 2. The molecule has 0 radical (unpaired) electrons. The zero-order valence-corrected chi connectivity index (χ0v) is 17.8. The number of para-hydroxylation sites is 1. The molecule has 0 heterocycles. The lowest BCUT2D eigenvalue weighted by Crippen LogP contribution is -2.38. The predicted octanol–water partition coefficient (Wildman–Crippen LogP) is 4.44. The highest BCUT2D eigenvalue weighted by atomic mass is 127. The maximum absolute atomic E-state index is 6.18. The van der Waals surface area contributed by atoms with Crippen LogP contribution in [0.5, 0.6) is 5.75 Å². The summed E-state index contributed by atoms with van der Waals surface area (Å²) in [6.07, 6.45) is 0. The molecule has 136 valence electrons. The Kier molecular flexibility index (Phi) is 9.67. The number of hydrogen-bond acceptors (Lipinski definition) is 2. The van der Waals surface area contributed by atoms with Crippen LogP contribution >= 0.6 is 35.6 Å². The third-order valence-corrected chi connectivity index (χ3v) is 4.24. The first-order valence-corrected chi connectivity index (χ1v) is 8.34. The van der Waals surface area contributed by atoms with Gasteiger partial charge in [0.2, 0.25) is 0 Å². The van der Waals surface area contributed by atoms with Gasteiger partial charge in [-0.2, -0.15) is 0 Å². The van der Waals surface area contributed by atoms with Gasteiger partial charge >= 0.3 is 0 Å². The molecule has 6 heteroatoms. The number of rotatable bonds is 6. The van der Waals surface area contributed by atoms with Gasteiger partial charge in [-0.15, -0.1) is 24.0 Å². The van der Waals surface area contributed by atoms with Crippen molar-refractivity contribution in [3.63, 3.8) is 0 Å². The highest BCUT2D eigenvalue weighted by Gasteiger charge is 2.11. The van der Waals surface area contributed by atoms with Gasteiger partial charge in [-0.3, -0.25) is 4.99 Å². The molecule has 2 rings (SSSR count). The molecular weight excluding hydrogens is 449 g/mol. The summed E-state index contributed by atoms with van der Waals surface area (Å²) >= 11 is 6.18. The van der Waals surface area contributed by atoms with Gasteiger partial charge in [-0.25, -0.2) is 0 Å². The predicted molar refractivity (Wildman–Crippen MR) is 116 cm³/mol. The Morgan fingerprint density at radius 2 is 1.80 bits per heavy atom. The molecule has 2 N–H and O–H groups in total. The monoisotopic (exact) mass is 473 g/mol. The zero-order chi connectivity index (χ0) is 17.4. The van der Waals surface area contributed by atoms with E-state index in [1.54, 1.807) is 14.2 Å². The van der Waals surface area contributed by atoms with Crippen LogP contribution in [0.15, 0.2) is 53.5 Å². The molecule has 0 aliphatic heterocycles. The SMILES string of the molecule is CN=C(NCc1ccccc1Cl)NCC(C)c1ccccc1OC.I. The minimum Gasteiger partial charge on any atom is -0.496 e. The lowest BCUT2D eigenvalue weighted by atomic mass is 10.0. The largest absolute Gasteiger partial charge is 0.496 e. The first-order chi connectivity index (χ1) is 11.7. The van der Waals surface area contributed by atoms with Gasteiger partial charge in [0.05, 0.1) is 7.11 Å². The Balaban J connectivity index is 0.00000312. The highest BCUT2D eigenvalue weighted by molar-refractivity contribution is 14.0. The fourth-order valence-electron chi connectivity index (χ4n) is 2.47. The van der Waals surface area contributed by atoms with Crippen LogP contribution < -0.4 is 15.4 Å². The van der Waals surface area contributed by atoms with E-state index in [9.17, 15) is 0 Å². The van der Waals surface area contributed by atoms with E-state index in [-0.39, 0.29) is 24.0 Å². The normalized spacial score (nSPS) is 12.1. The van der Waals surface area contributed by atoms with Gasteiger partial charge in [0.25, 0.3) is 0 Å². The summed E-state index contributed by atoms with van der Waals surface area (Å²) in [6.45, 7) is 3.54. The van der Waals surface area contributed by atoms with Crippen molar-refractivity contribution in [1.82, 2.24) is 10.6 Å². The second-order valence-corrected chi connectivity index (χ2v) is 5.95. The molecular formula is C19H25ClIN3O. The van der Waals surface area contributed by atoms with Crippen molar-refractivity contribution in [1.29, 1.82) is 0 Å². The molecule has 2 aromatic rings. The van der Waals surface area contributed by atoms with Crippen molar-refractivity contribution in [2.75, 3.05) is 20.7 Å². The molecule has 0 spiro atoms. The van der Waals surface area contributed by atoms with Crippen LogP contribution in [0, 0.1) is 0 Å². The summed E-state index contributed by atoms with van der Waals surface area (Å²) in [5, 5.41) is 7.39. The van der Waals surface area contributed by atoms with Gasteiger partial charge in [-0.1, -0.05) is 54.9 Å². The molecule has 0 aliphatic carbocycles. The van der Waals surface area contributed by atoms with E-state index in [0.717, 1.165) is 28.8 Å². The number of guanidine groups is 1. The van der Waals surface area contributed by atoms with E-state index >= 15 is 0 Å². The average molecular weight is 474 g/mol. The van der Waals surface area contributed by atoms with Gasteiger partial charge in [-0.05, 0) is 23.3 Å². The third-order valence-electron chi connectivity index (χ3n) is 3.87. The van der Waals surface area contributed by atoms with E-state index in [2.05, 4.69) is 28.6 Å². The van der Waals surface area contributed by atoms with E-state index in [1.807, 2.05) is 42.5 Å². The molecule has 0 bridgehead atoms. The van der Waals surface area contributed by atoms with Crippen molar-refractivity contribution < 1.29 is 4.74 Å². The summed E-state index contributed by atoms with van der Waals surface area (Å²) in [5.74, 6) is 1.95. The summed E-state index contributed by atoms with van der Waals surface area (Å²) in [4.78, 5) is 4.26. The second kappa shape index (κ2) is 11.2. The van der Waals surface area contributed by atoms with E-state index < -0.39 is 0 Å². The van der Waals surface area contributed by atoms with Gasteiger partial charge in [0.15, 0.2) is 5.96 Å². The summed E-state index contributed by atoms with van der Waals surface area (Å²) in [7, 11) is 3.46. The van der Waals surface area contributed by atoms with Crippen molar-refractivity contribution in [3.8, 4) is 5.75 Å². The first kappa shape index (κ1) is 21.6. The molecule has 2 aromatic carbocycles. The van der Waals surface area contributed by atoms with Crippen LogP contribution in [0.3, 0.4) is 0 Å². The fourth-order valence-corrected chi connectivity index (χ4v) is 2.68. The van der Waals surface area contributed by atoms with Gasteiger partial charge in [0.1, 0.15) is 5.75 Å². The Morgan fingerprint density at radius 3 is 2.48 bits per heavy atom. The number of hydrogen-bond donors (Lipinski definition) is 2. The Hall–Kier alpha value is -1.47. The summed E-state index contributed by atoms with van der Waals surface area (Å²) in [6, 6.07) is 15.9. The molecule has 1 atom stereocenters. The maximum atomic E-state index is 6.18. The van der Waals surface area contributed by atoms with Crippen LogP contribution in [0.25, 0.3) is 0 Å². The lowest BCUT2D eigenvalue weighted by Gasteiger charge is -2.18. The van der Waals surface area contributed by atoms with E-state index in [1.165, 1.54) is 5.56 Å². The zero-order valence-electron chi connectivity index (χ0n) is 14.8. The van der Waals surface area contributed by atoms with Crippen molar-refractivity contribution >= 4 is 41.5 Å². The molecule has 0 saturated carbocycles. The van der Waals surface area contributed by atoms with Gasteiger partial charge < -0.3 is 15.4 Å². The molecule has 4 nitrogen and oxygen atoms in total. The molecule has 0 amide bonds. The minimum absolute atomic E-state index is 0. The number of ether oxygens (including phenoxy) is 1. The molecule has 25 heavy (non-hydrogen) atoms. The number of methoxy groups -OCH3 is 1. The quantitative estimate of drug-likeness (QED) is 0.370. The molecule has 0 aromatic heterocycles. The summed E-state index contributed by atoms with van der Waals surface area (Å²) in [5.41, 5.74) is 2.22. The second-order valence-electron chi connectivity index (χ2n) is 5.54. The van der Waals surface area contributed by atoms with Crippen LogP contribution in [0.4, 0.5) is 0 Å². The minimum atomic E-state index is 0. The third kappa shape index (κ3) is 6.40. The molecule has 0 aliphatic rings. The standard InChI is InChI=1S/C19H24ClN3O.HI/c1-14(16-9-5-7-11-18(16)24-3)12-22-19(21-2)23-13-15-8-4-6-10-17(15)20;/h4-11,14H,12-13H2,1-3H3,(H2,21,22,23);1H. The number of halogens is 2. The van der Waals surface area contributed by atoms with Crippen molar-refractivity contribution in [2.24, 2.45) is 4.99 Å². The average Bonchev–Trinajstić information content (AvgIpc) is 2.62. The van der Waals surface area contributed by atoms with Gasteiger partial charge in [0, 0.05) is 31.1 Å². The fraction of sp³-hybridized carbons (Fsp3) is 0.316. The summed E-state index contributed by atoms with van der Waals surface area (Å²) < 4.78 is 5.43. The number of nitrogens with one attached hydrogen (secondary N) is 2. The van der Waals surface area contributed by atoms with Crippen molar-refractivity contribution in [3.05, 3.63) is 64.7 Å². The first-order valence-electron chi connectivity index (χ1n) is 7.96. The molecule has 0 saturated heterocycles. The van der Waals surface area contributed by atoms with Crippen molar-refractivity contribution in [2.45, 2.75) is 19.4 Å². The molecule has 0 fully saturated rings. The maximum Gasteiger partial charge on any atom is 0.191 e. The topological polar surface area (TPSA) is 45.7 Å². The number of aliphatic imine (C=N–C) groups is 1. The Bertz CT molecular complexity index is 694. The van der Waals surface area contributed by atoms with E-state index in [4.69, 9.17) is 16.3 Å². The Labute approximate surface area is 172 Å². The molecule has 1 unspecified atom stereocenters. The highest BCUT2D eigenvalue weighted by Crippen LogP contribution is 2.25. The number of nitrogens with zero attached hydrogens (tertiary/aromatic N) is 1. The smallest absolute Gasteiger partial charge is 0.191 e. The van der Waals surface area contributed by atoms with Crippen LogP contribution in [0.1, 0.15) is 24.0 Å². The van der Waals surface area contributed by atoms with Crippen LogP contribution in [0.2, 0.25) is 5.02 Å². The lowest BCUT2D eigenvalue weighted by molar-refractivity contribution is 0.406.